The van der Waals surface area contributed by atoms with Crippen LogP contribution in [-0.4, -0.2) is 30.0 Å². The number of nitrogens with one attached hydrogen (secondary N) is 2. The van der Waals surface area contributed by atoms with E-state index in [1.165, 1.54) is 6.92 Å². The lowest BCUT2D eigenvalue weighted by atomic mass is 9.77. The van der Waals surface area contributed by atoms with Gasteiger partial charge in [-0.15, -0.1) is 0 Å². The fourth-order valence-corrected chi connectivity index (χ4v) is 5.88. The van der Waals surface area contributed by atoms with Crippen LogP contribution in [0, 0.1) is 12.8 Å². The van der Waals surface area contributed by atoms with Crippen molar-refractivity contribution in [1.82, 2.24) is 4.98 Å². The highest BCUT2D eigenvalue weighted by molar-refractivity contribution is 7.96. The number of carbonyl (C=O) groups excluding carboxylic acids is 1. The van der Waals surface area contributed by atoms with Crippen molar-refractivity contribution < 1.29 is 18.3 Å². The molecule has 2 aromatic carbocycles. The van der Waals surface area contributed by atoms with Gasteiger partial charge in [-0.3, -0.25) is 9.52 Å². The molecule has 0 aliphatic heterocycles. The van der Waals surface area contributed by atoms with E-state index in [1.54, 1.807) is 18.2 Å². The topological polar surface area (TPSA) is 125 Å². The summed E-state index contributed by atoms with van der Waals surface area (Å²) in [6.45, 7) is 10.4. The molecule has 0 fully saturated rings. The van der Waals surface area contributed by atoms with Gasteiger partial charge >= 0.3 is 0 Å². The number of aromatic amines is 1. The number of allylic oxidation sites excluding steroid dienone is 1. The van der Waals surface area contributed by atoms with E-state index in [1.807, 2.05) is 26.8 Å². The summed E-state index contributed by atoms with van der Waals surface area (Å²) < 4.78 is 27.5. The number of aliphatic hydroxyl groups is 1. The van der Waals surface area contributed by atoms with Crippen LogP contribution in [0.4, 0.5) is 5.69 Å². The minimum atomic E-state index is -3.74. The maximum absolute atomic E-state index is 12.4. The molecule has 1 amide bonds. The number of hydrogen-bond acceptors (Lipinski definition) is 4. The zero-order valence-electron chi connectivity index (χ0n) is 20.3. The zero-order valence-corrected chi connectivity index (χ0v) is 21.8. The largest absolute Gasteiger partial charge is 0.390 e. The van der Waals surface area contributed by atoms with Crippen LogP contribution in [0.25, 0.3) is 22.0 Å². The van der Waals surface area contributed by atoms with E-state index in [4.69, 9.17) is 17.3 Å². The number of fused-ring (bicyclic) bond motifs is 3. The number of rotatable bonds is 6. The number of carbonyl (C=O) groups is 1. The van der Waals surface area contributed by atoms with Gasteiger partial charge in [0, 0.05) is 21.7 Å². The third kappa shape index (κ3) is 4.46. The number of amides is 1. The first-order chi connectivity index (χ1) is 16.2. The molecule has 0 bridgehead atoms. The van der Waals surface area contributed by atoms with E-state index in [0.29, 0.717) is 45.8 Å². The number of nitrogens with two attached hydrogens (primary N) is 1. The van der Waals surface area contributed by atoms with E-state index in [-0.39, 0.29) is 10.8 Å². The summed E-state index contributed by atoms with van der Waals surface area (Å²) in [6.07, 6.45) is 2.09. The zero-order chi connectivity index (χ0) is 25.9. The number of anilines is 1. The monoisotopic (exact) mass is 515 g/mol. The Labute approximate surface area is 210 Å². The molecule has 5 N–H and O–H groups in total. The average Bonchev–Trinajstić information content (AvgIpc) is 3.12. The second-order valence-corrected chi connectivity index (χ2v) is 12.2. The highest BCUT2D eigenvalue weighted by Gasteiger charge is 2.34. The number of H-pyrrole nitrogens is 1. The number of benzene rings is 2. The van der Waals surface area contributed by atoms with Gasteiger partial charge in [0.25, 0.3) is 15.9 Å². The SMILES string of the molecule is C=C(C)S(=O)(=O)Nc1cccc(-c2c(Cl)cc(C(N)=O)c3[nH]c4c(c23)CC[C@@H](C(C)(C)O)C4)c1C. The number of aromatic nitrogens is 1. The Hall–Kier alpha value is -2.81. The van der Waals surface area contributed by atoms with Crippen molar-refractivity contribution in [3.63, 3.8) is 0 Å². The average molecular weight is 516 g/mol. The molecule has 35 heavy (non-hydrogen) atoms. The van der Waals surface area contributed by atoms with E-state index >= 15 is 0 Å². The van der Waals surface area contributed by atoms with Gasteiger partial charge in [0.05, 0.1) is 27.3 Å². The second-order valence-electron chi connectivity index (χ2n) is 9.86. The summed E-state index contributed by atoms with van der Waals surface area (Å²) in [5, 5.41) is 11.7. The lowest BCUT2D eigenvalue weighted by molar-refractivity contribution is 0.0107. The van der Waals surface area contributed by atoms with Crippen LogP contribution >= 0.6 is 11.6 Å². The van der Waals surface area contributed by atoms with Crippen LogP contribution in [0.1, 0.15) is 54.4 Å². The fraction of sp³-hybridized carbons (Fsp3) is 0.346. The number of primary amides is 1. The highest BCUT2D eigenvalue weighted by Crippen LogP contribution is 2.45. The van der Waals surface area contributed by atoms with Gasteiger partial charge in [0.1, 0.15) is 0 Å². The molecule has 0 radical (unpaired) electrons. The molecule has 3 aromatic rings. The molecule has 1 aromatic heterocycles. The number of aryl methyl sites for hydroxylation is 1. The van der Waals surface area contributed by atoms with Crippen LogP contribution in [0.15, 0.2) is 35.7 Å². The Balaban J connectivity index is 1.98. The standard InChI is InChI=1S/C26H30ClN3O4S/c1-13(2)35(33,34)30-20-8-6-7-16(14(20)3)22-19(27)12-18(25(28)31)24-23(22)17-10-9-15(26(4,5)32)11-21(17)29-24/h6-8,12,15,29-30,32H,1,9-11H2,2-5H3,(H2,28,31)/t15-/m1/s1. The Morgan fingerprint density at radius 2 is 2.03 bits per heavy atom. The molecular formula is C26H30ClN3O4S. The normalized spacial score (nSPS) is 16.2. The van der Waals surface area contributed by atoms with Crippen molar-refractivity contribution in [3.8, 4) is 11.1 Å². The smallest absolute Gasteiger partial charge is 0.257 e. The van der Waals surface area contributed by atoms with Gasteiger partial charge in [0.2, 0.25) is 0 Å². The molecular weight excluding hydrogens is 486 g/mol. The second kappa shape index (κ2) is 8.69. The third-order valence-electron chi connectivity index (χ3n) is 6.99. The summed E-state index contributed by atoms with van der Waals surface area (Å²) in [5.74, 6) is -0.540. The van der Waals surface area contributed by atoms with Crippen molar-refractivity contribution in [2.24, 2.45) is 11.7 Å². The van der Waals surface area contributed by atoms with Crippen molar-refractivity contribution >= 4 is 44.1 Å². The fourth-order valence-electron chi connectivity index (χ4n) is 4.89. The van der Waals surface area contributed by atoms with E-state index in [0.717, 1.165) is 28.6 Å². The predicted octanol–water partition coefficient (Wildman–Crippen LogP) is 5.05. The molecule has 0 unspecified atom stereocenters. The van der Waals surface area contributed by atoms with Crippen molar-refractivity contribution in [3.05, 3.63) is 63.2 Å². The molecule has 0 spiro atoms. The van der Waals surface area contributed by atoms with Crippen LogP contribution < -0.4 is 10.5 Å². The molecule has 1 aliphatic rings. The molecule has 7 nitrogen and oxygen atoms in total. The van der Waals surface area contributed by atoms with Gasteiger partial charge < -0.3 is 15.8 Å². The summed E-state index contributed by atoms with van der Waals surface area (Å²) >= 11 is 6.78. The van der Waals surface area contributed by atoms with E-state index < -0.39 is 21.5 Å². The number of sulfonamides is 1. The van der Waals surface area contributed by atoms with Crippen molar-refractivity contribution in [2.45, 2.75) is 52.6 Å². The summed E-state index contributed by atoms with van der Waals surface area (Å²) in [4.78, 5) is 15.7. The van der Waals surface area contributed by atoms with Gasteiger partial charge in [-0.05, 0) is 81.7 Å². The van der Waals surface area contributed by atoms with Gasteiger partial charge in [-0.25, -0.2) is 8.42 Å². The highest BCUT2D eigenvalue weighted by atomic mass is 35.5. The number of halogens is 1. The minimum absolute atomic E-state index is 0.00889. The maximum atomic E-state index is 12.4. The van der Waals surface area contributed by atoms with Gasteiger partial charge in [0.15, 0.2) is 0 Å². The molecule has 186 valence electrons. The van der Waals surface area contributed by atoms with Gasteiger partial charge in [-0.1, -0.05) is 30.3 Å². The lowest BCUT2D eigenvalue weighted by Crippen LogP contribution is -2.34. The van der Waals surface area contributed by atoms with Crippen LogP contribution in [0.5, 0.6) is 0 Å². The predicted molar refractivity (Wildman–Crippen MR) is 141 cm³/mol. The Morgan fingerprint density at radius 3 is 2.63 bits per heavy atom. The van der Waals surface area contributed by atoms with E-state index in [2.05, 4.69) is 16.3 Å². The first kappa shape index (κ1) is 25.3. The van der Waals surface area contributed by atoms with Crippen LogP contribution in [-0.2, 0) is 22.9 Å². The molecule has 1 heterocycles. The maximum Gasteiger partial charge on any atom is 0.257 e. The Kier molecular flexibility index (Phi) is 6.28. The molecule has 1 atom stereocenters. The summed E-state index contributed by atoms with van der Waals surface area (Å²) in [6, 6.07) is 6.87. The van der Waals surface area contributed by atoms with Crippen LogP contribution in [0.3, 0.4) is 0 Å². The molecule has 0 saturated carbocycles. The first-order valence-corrected chi connectivity index (χ1v) is 13.2. The lowest BCUT2D eigenvalue weighted by Gasteiger charge is -2.32. The summed E-state index contributed by atoms with van der Waals surface area (Å²) in [5.41, 5.74) is 10.3. The summed E-state index contributed by atoms with van der Waals surface area (Å²) in [7, 11) is -3.74. The van der Waals surface area contributed by atoms with Crippen molar-refractivity contribution in [2.75, 3.05) is 4.72 Å². The Morgan fingerprint density at radius 1 is 1.34 bits per heavy atom. The molecule has 0 saturated heterocycles. The quantitative estimate of drug-likeness (QED) is 0.366. The molecule has 4 rings (SSSR count). The molecule has 1 aliphatic carbocycles. The first-order valence-electron chi connectivity index (χ1n) is 11.4. The molecule has 9 heteroatoms. The third-order valence-corrected chi connectivity index (χ3v) is 8.69. The van der Waals surface area contributed by atoms with E-state index in [9.17, 15) is 18.3 Å². The van der Waals surface area contributed by atoms with Crippen molar-refractivity contribution in [1.29, 1.82) is 0 Å². The Bertz CT molecular complexity index is 1480. The number of hydrogen-bond donors (Lipinski definition) is 4. The minimum Gasteiger partial charge on any atom is -0.390 e. The van der Waals surface area contributed by atoms with Crippen LogP contribution in [0.2, 0.25) is 5.02 Å². The van der Waals surface area contributed by atoms with Gasteiger partial charge in [-0.2, -0.15) is 0 Å².